The Labute approximate surface area is 143 Å². The molecule has 0 saturated carbocycles. The number of carbonyl (C=O) groups is 1. The van der Waals surface area contributed by atoms with Gasteiger partial charge in [-0.3, -0.25) is 4.79 Å². The normalized spacial score (nSPS) is 11.2. The van der Waals surface area contributed by atoms with Gasteiger partial charge in [0.15, 0.2) is 0 Å². The third kappa shape index (κ3) is 5.28. The van der Waals surface area contributed by atoms with E-state index in [1.807, 2.05) is 35.9 Å². The minimum Gasteiger partial charge on any atom is -0.382 e. The molecule has 0 aliphatic heterocycles. The summed E-state index contributed by atoms with van der Waals surface area (Å²) in [5.74, 6) is -0.380. The number of rotatable bonds is 8. The van der Waals surface area contributed by atoms with E-state index in [0.29, 0.717) is 25.5 Å². The lowest BCUT2D eigenvalue weighted by Crippen LogP contribution is -2.26. The molecule has 1 amide bonds. The van der Waals surface area contributed by atoms with Gasteiger partial charge >= 0.3 is 0 Å². The maximum absolute atomic E-state index is 12.0. The van der Waals surface area contributed by atoms with E-state index < -0.39 is 0 Å². The van der Waals surface area contributed by atoms with Gasteiger partial charge in [-0.25, -0.2) is 4.98 Å². The Balaban J connectivity index is 1.96. The minimum atomic E-state index is -0.380. The van der Waals surface area contributed by atoms with Gasteiger partial charge in [0, 0.05) is 25.1 Å². The molecular weight excluding hydrogens is 330 g/mol. The highest BCUT2D eigenvalue weighted by atomic mass is 32.1. The molecule has 0 spiro atoms. The Kier molecular flexibility index (Phi) is 6.94. The van der Waals surface area contributed by atoms with E-state index in [1.165, 1.54) is 17.4 Å². The van der Waals surface area contributed by atoms with Crippen LogP contribution in [0.2, 0.25) is 0 Å². The molecule has 23 heavy (non-hydrogen) atoms. The number of thiophene rings is 1. The van der Waals surface area contributed by atoms with Gasteiger partial charge in [-0.05, 0) is 30.9 Å². The molecule has 1 N–H and O–H groups in total. The Morgan fingerprint density at radius 1 is 1.52 bits per heavy atom. The predicted octanol–water partition coefficient (Wildman–Crippen LogP) is 3.32. The van der Waals surface area contributed by atoms with Crippen LogP contribution in [-0.2, 0) is 9.53 Å². The second-order valence-electron chi connectivity index (χ2n) is 4.53. The van der Waals surface area contributed by atoms with Gasteiger partial charge in [0.2, 0.25) is 0 Å². The van der Waals surface area contributed by atoms with Gasteiger partial charge in [0.1, 0.15) is 16.6 Å². The lowest BCUT2D eigenvalue weighted by molar-refractivity contribution is -0.117. The van der Waals surface area contributed by atoms with Crippen molar-refractivity contribution in [3.8, 4) is 16.0 Å². The number of thiazole rings is 1. The molecule has 0 aromatic carbocycles. The van der Waals surface area contributed by atoms with Crippen LogP contribution in [0.1, 0.15) is 19.0 Å². The monoisotopic (exact) mass is 347 g/mol. The van der Waals surface area contributed by atoms with Crippen LogP contribution in [0, 0.1) is 11.3 Å². The van der Waals surface area contributed by atoms with Crippen molar-refractivity contribution in [2.75, 3.05) is 19.8 Å². The lowest BCUT2D eigenvalue weighted by Gasteiger charge is -2.04. The Hall–Kier alpha value is -2.01. The van der Waals surface area contributed by atoms with Crippen molar-refractivity contribution >= 4 is 34.7 Å². The zero-order valence-corrected chi connectivity index (χ0v) is 14.4. The van der Waals surface area contributed by atoms with Crippen LogP contribution in [0.4, 0.5) is 0 Å². The van der Waals surface area contributed by atoms with Gasteiger partial charge in [-0.2, -0.15) is 5.26 Å². The topological polar surface area (TPSA) is 75.0 Å². The largest absolute Gasteiger partial charge is 0.382 e. The first kappa shape index (κ1) is 17.3. The summed E-state index contributed by atoms with van der Waals surface area (Å²) in [4.78, 5) is 17.5. The summed E-state index contributed by atoms with van der Waals surface area (Å²) in [5, 5.41) is 16.6. The highest BCUT2D eigenvalue weighted by Crippen LogP contribution is 2.28. The number of nitriles is 1. The maximum Gasteiger partial charge on any atom is 0.262 e. The highest BCUT2D eigenvalue weighted by molar-refractivity contribution is 7.20. The third-order valence-corrected chi connectivity index (χ3v) is 4.77. The molecule has 0 aliphatic carbocycles. The molecule has 7 heteroatoms. The first-order valence-corrected chi connectivity index (χ1v) is 8.97. The number of nitrogens with one attached hydrogen (secondary N) is 1. The summed E-state index contributed by atoms with van der Waals surface area (Å²) in [6.07, 6.45) is 2.24. The molecule has 2 aromatic heterocycles. The summed E-state index contributed by atoms with van der Waals surface area (Å²) >= 11 is 3.10. The van der Waals surface area contributed by atoms with Crippen molar-refractivity contribution in [2.24, 2.45) is 0 Å². The van der Waals surface area contributed by atoms with E-state index in [4.69, 9.17) is 10.00 Å². The molecule has 0 unspecified atom stereocenters. The van der Waals surface area contributed by atoms with Crippen molar-refractivity contribution in [1.82, 2.24) is 10.3 Å². The Morgan fingerprint density at radius 3 is 3.09 bits per heavy atom. The third-order valence-electron chi connectivity index (χ3n) is 2.87. The second-order valence-corrected chi connectivity index (χ2v) is 6.34. The standard InChI is InChI=1S/C16H17N3O2S2/c1-2-21-7-4-6-18-15(20)12(10-17)9-13-11-23-16(19-13)14-5-3-8-22-14/h3,5,8-9,11H,2,4,6-7H2,1H3,(H,18,20). The summed E-state index contributed by atoms with van der Waals surface area (Å²) in [5.41, 5.74) is 0.684. The highest BCUT2D eigenvalue weighted by Gasteiger charge is 2.10. The van der Waals surface area contributed by atoms with Gasteiger partial charge in [0.25, 0.3) is 5.91 Å². The van der Waals surface area contributed by atoms with E-state index in [-0.39, 0.29) is 11.5 Å². The van der Waals surface area contributed by atoms with E-state index in [9.17, 15) is 4.79 Å². The smallest absolute Gasteiger partial charge is 0.262 e. The summed E-state index contributed by atoms with van der Waals surface area (Å²) in [6, 6.07) is 5.89. The minimum absolute atomic E-state index is 0.0597. The molecular formula is C16H17N3O2S2. The van der Waals surface area contributed by atoms with E-state index in [2.05, 4.69) is 10.3 Å². The zero-order valence-electron chi connectivity index (χ0n) is 12.7. The molecule has 120 valence electrons. The van der Waals surface area contributed by atoms with Gasteiger partial charge in [-0.1, -0.05) is 6.07 Å². The van der Waals surface area contributed by atoms with Crippen LogP contribution in [0.15, 0.2) is 28.5 Å². The van der Waals surface area contributed by atoms with Gasteiger partial charge < -0.3 is 10.1 Å². The number of nitrogens with zero attached hydrogens (tertiary/aromatic N) is 2. The second kappa shape index (κ2) is 9.20. The van der Waals surface area contributed by atoms with Crippen LogP contribution in [0.25, 0.3) is 16.0 Å². The van der Waals surface area contributed by atoms with Crippen molar-refractivity contribution < 1.29 is 9.53 Å². The summed E-state index contributed by atoms with van der Waals surface area (Å²) in [7, 11) is 0. The number of amides is 1. The van der Waals surface area contributed by atoms with Gasteiger partial charge in [-0.15, -0.1) is 22.7 Å². The first-order valence-electron chi connectivity index (χ1n) is 7.21. The average Bonchev–Trinajstić information content (AvgIpc) is 3.23. The summed E-state index contributed by atoms with van der Waals surface area (Å²) < 4.78 is 5.20. The number of carbonyl (C=O) groups excluding carboxylic acids is 1. The quantitative estimate of drug-likeness (QED) is 0.451. The molecule has 0 aliphatic rings. The first-order chi connectivity index (χ1) is 11.2. The summed E-state index contributed by atoms with van der Waals surface area (Å²) in [6.45, 7) is 3.66. The van der Waals surface area contributed by atoms with Crippen LogP contribution in [-0.4, -0.2) is 30.6 Å². The van der Waals surface area contributed by atoms with Crippen molar-refractivity contribution in [3.05, 3.63) is 34.2 Å². The van der Waals surface area contributed by atoms with E-state index >= 15 is 0 Å². The van der Waals surface area contributed by atoms with Crippen LogP contribution in [0.3, 0.4) is 0 Å². The predicted molar refractivity (Wildman–Crippen MR) is 93.1 cm³/mol. The molecule has 2 aromatic rings. The maximum atomic E-state index is 12.0. The fourth-order valence-corrected chi connectivity index (χ4v) is 3.37. The molecule has 0 atom stereocenters. The van der Waals surface area contributed by atoms with Gasteiger partial charge in [0.05, 0.1) is 10.6 Å². The SMILES string of the molecule is CCOCCCNC(=O)C(C#N)=Cc1csc(-c2cccs2)n1. The zero-order chi connectivity index (χ0) is 16.5. The number of hydrogen-bond acceptors (Lipinski definition) is 6. The molecule has 2 heterocycles. The lowest BCUT2D eigenvalue weighted by atomic mass is 10.2. The number of hydrogen-bond donors (Lipinski definition) is 1. The molecule has 0 fully saturated rings. The number of ether oxygens (including phenoxy) is 1. The fraction of sp³-hybridized carbons (Fsp3) is 0.312. The Morgan fingerprint density at radius 2 is 2.39 bits per heavy atom. The molecule has 2 rings (SSSR count). The van der Waals surface area contributed by atoms with E-state index in [0.717, 1.165) is 16.3 Å². The Bertz CT molecular complexity index is 699. The molecule has 5 nitrogen and oxygen atoms in total. The van der Waals surface area contributed by atoms with E-state index in [1.54, 1.807) is 11.3 Å². The van der Waals surface area contributed by atoms with Crippen molar-refractivity contribution in [2.45, 2.75) is 13.3 Å². The fourth-order valence-electron chi connectivity index (χ4n) is 1.78. The molecule has 0 saturated heterocycles. The van der Waals surface area contributed by atoms with Crippen LogP contribution >= 0.6 is 22.7 Å². The van der Waals surface area contributed by atoms with Crippen LogP contribution < -0.4 is 5.32 Å². The number of aromatic nitrogens is 1. The van der Waals surface area contributed by atoms with Crippen LogP contribution in [0.5, 0.6) is 0 Å². The average molecular weight is 347 g/mol. The van der Waals surface area contributed by atoms with Crippen molar-refractivity contribution in [3.63, 3.8) is 0 Å². The van der Waals surface area contributed by atoms with Crippen molar-refractivity contribution in [1.29, 1.82) is 5.26 Å². The molecule has 0 bridgehead atoms. The molecule has 0 radical (unpaired) electrons.